The van der Waals surface area contributed by atoms with Crippen molar-refractivity contribution < 1.29 is 27.4 Å². The van der Waals surface area contributed by atoms with Crippen molar-refractivity contribution >= 4 is 76.2 Å². The Morgan fingerprint density at radius 3 is 2.20 bits per heavy atom. The van der Waals surface area contributed by atoms with Gasteiger partial charge in [0.1, 0.15) is 72.8 Å². The average Bonchev–Trinajstić information content (AvgIpc) is 3.85. The van der Waals surface area contributed by atoms with Gasteiger partial charge in [-0.15, -0.1) is 0 Å². The van der Waals surface area contributed by atoms with Crippen LogP contribution in [0.2, 0.25) is 0 Å². The number of aryl methyl sites for hydroxylation is 1. The first-order valence-corrected chi connectivity index (χ1v) is 18.2. The Morgan fingerprint density at radius 1 is 0.907 bits per heavy atom. The highest BCUT2D eigenvalue weighted by molar-refractivity contribution is 6.60. The summed E-state index contributed by atoms with van der Waals surface area (Å²) in [7, 11) is 7.13. The molecule has 7 rings (SSSR count). The third-order valence-corrected chi connectivity index (χ3v) is 11.1. The van der Waals surface area contributed by atoms with Crippen molar-refractivity contribution in [2.24, 2.45) is 5.92 Å². The third kappa shape index (κ3) is 7.48. The number of piperazine rings is 1. The second-order valence-corrected chi connectivity index (χ2v) is 14.5. The van der Waals surface area contributed by atoms with Gasteiger partial charge in [0.15, 0.2) is 0 Å². The summed E-state index contributed by atoms with van der Waals surface area (Å²) in [5, 5.41) is 7.20. The second-order valence-electron chi connectivity index (χ2n) is 14.5. The molecule has 2 saturated heterocycles. The van der Waals surface area contributed by atoms with Crippen LogP contribution in [0.5, 0.6) is 5.75 Å². The quantitative estimate of drug-likeness (QED) is 0.197. The summed E-state index contributed by atoms with van der Waals surface area (Å²) in [5.41, 5.74) is 6.22. The van der Waals surface area contributed by atoms with Crippen LogP contribution in [-0.2, 0) is 16.9 Å². The van der Waals surface area contributed by atoms with E-state index in [9.17, 15) is 13.6 Å². The van der Waals surface area contributed by atoms with Crippen LogP contribution in [0.15, 0.2) is 73.3 Å². The van der Waals surface area contributed by atoms with E-state index in [-0.39, 0.29) is 24.2 Å². The molecule has 0 radical (unpaired) electrons. The lowest BCUT2D eigenvalue weighted by Gasteiger charge is -2.37. The summed E-state index contributed by atoms with van der Waals surface area (Å²) >= 11 is 0. The van der Waals surface area contributed by atoms with Crippen molar-refractivity contribution in [2.75, 3.05) is 54.5 Å². The molecule has 2 atom stereocenters. The summed E-state index contributed by atoms with van der Waals surface area (Å²) in [6, 6.07) is 17.4. The third-order valence-electron chi connectivity index (χ3n) is 11.1. The largest absolute Gasteiger partial charge is 0.493 e. The number of halogens is 3. The molecule has 0 aliphatic carbocycles. The molecule has 0 saturated carbocycles. The van der Waals surface area contributed by atoms with E-state index in [1.54, 1.807) is 26.7 Å². The van der Waals surface area contributed by atoms with E-state index >= 15 is 4.39 Å². The number of rotatable bonds is 10. The first kappa shape index (κ1) is 37.2. The molecule has 16 heteroatoms. The van der Waals surface area contributed by atoms with Gasteiger partial charge in [-0.1, -0.05) is 27.9 Å². The van der Waals surface area contributed by atoms with Crippen LogP contribution in [0.25, 0.3) is 0 Å². The number of carbonyl (C=O) groups is 1. The number of nitrogens with zero attached hydrogens (tertiary/aromatic N) is 5. The summed E-state index contributed by atoms with van der Waals surface area (Å²) < 4.78 is 57.5. The molecule has 2 aliphatic heterocycles. The van der Waals surface area contributed by atoms with E-state index in [0.29, 0.717) is 47.4 Å². The van der Waals surface area contributed by atoms with E-state index < -0.39 is 17.2 Å². The zero-order chi connectivity index (χ0) is 38.1. The number of carbonyl (C=O) groups excluding carboxylic acids is 1. The lowest BCUT2D eigenvalue weighted by molar-refractivity contribution is -0.0206. The summed E-state index contributed by atoms with van der Waals surface area (Å²) in [5.74, 6) is -0.989. The predicted molar refractivity (Wildman–Crippen MR) is 217 cm³/mol. The van der Waals surface area contributed by atoms with Crippen LogP contribution in [0.1, 0.15) is 27.9 Å². The SMILES string of the molecule is Bc1c(B)c(NC(=O)c2ccc(N3CCN(c4ccc(OC[C@@H]5CO[C@@](Cn6cncn6)(c6ccc(F)cc6F)C5)c(C)c4)CC3)cc2)c(B)c(B)c1F. The lowest BCUT2D eigenvalue weighted by atomic mass is 9.68. The minimum atomic E-state index is -1.03. The average molecular weight is 730 g/mol. The molecule has 0 bridgehead atoms. The standard InChI is InChI=1S/C38H41B4F3N6O3/c1-22-14-27(7-9-30(22)53-17-23-16-38(54-18-23,19-51-21-46-20-47-51)28-8-4-25(43)15-29(28)44)50-12-10-49(11-13-50)26-5-2-24(3-6-26)37(52)48-36-33(41)31(39)35(45)32(40)34(36)42/h2-9,14-15,20-21,23H,10-13,16-19,39-42H2,1H3,(H,48,52)/t23-,38+/m1/s1. The van der Waals surface area contributed by atoms with Crippen molar-refractivity contribution in [1.29, 1.82) is 0 Å². The number of hydrogen-bond acceptors (Lipinski definition) is 7. The van der Waals surface area contributed by atoms with Gasteiger partial charge in [-0.05, 0) is 67.4 Å². The number of anilines is 3. The summed E-state index contributed by atoms with van der Waals surface area (Å²) in [4.78, 5) is 21.8. The molecule has 1 aromatic heterocycles. The monoisotopic (exact) mass is 730 g/mol. The summed E-state index contributed by atoms with van der Waals surface area (Å²) in [6.45, 7) is 6.32. The first-order valence-electron chi connectivity index (χ1n) is 18.2. The Labute approximate surface area is 316 Å². The van der Waals surface area contributed by atoms with Gasteiger partial charge in [-0.3, -0.25) is 4.79 Å². The van der Waals surface area contributed by atoms with E-state index in [2.05, 4.69) is 37.3 Å². The highest BCUT2D eigenvalue weighted by Crippen LogP contribution is 2.42. The molecular formula is C38H41B4F3N6O3. The zero-order valence-corrected chi connectivity index (χ0v) is 31.3. The van der Waals surface area contributed by atoms with Crippen molar-refractivity contribution in [3.63, 3.8) is 0 Å². The maximum Gasteiger partial charge on any atom is 0.255 e. The molecule has 3 heterocycles. The lowest BCUT2D eigenvalue weighted by Crippen LogP contribution is -2.47. The summed E-state index contributed by atoms with van der Waals surface area (Å²) in [6.07, 6.45) is 3.45. The molecule has 0 unspecified atom stereocenters. The number of nitrogens with one attached hydrogen (secondary N) is 1. The minimum Gasteiger partial charge on any atom is -0.493 e. The Morgan fingerprint density at radius 2 is 1.57 bits per heavy atom. The van der Waals surface area contributed by atoms with Gasteiger partial charge in [-0.2, -0.15) is 5.10 Å². The number of hydrogen-bond donors (Lipinski definition) is 1. The van der Waals surface area contributed by atoms with Gasteiger partial charge in [-0.25, -0.2) is 22.8 Å². The molecule has 1 amide bonds. The first-order chi connectivity index (χ1) is 25.9. The molecule has 1 N–H and O–H groups in total. The molecule has 4 aromatic carbocycles. The number of ether oxygens (including phenoxy) is 2. The van der Waals surface area contributed by atoms with Gasteiger partial charge in [0.25, 0.3) is 5.91 Å². The van der Waals surface area contributed by atoms with Crippen molar-refractivity contribution in [1.82, 2.24) is 14.8 Å². The molecule has 5 aromatic rings. The van der Waals surface area contributed by atoms with E-state index in [1.807, 2.05) is 52.9 Å². The molecule has 9 nitrogen and oxygen atoms in total. The van der Waals surface area contributed by atoms with Crippen LogP contribution in [0.3, 0.4) is 0 Å². The van der Waals surface area contributed by atoms with Crippen molar-refractivity contribution in [2.45, 2.75) is 25.5 Å². The Bertz CT molecular complexity index is 2140. The normalized spacial score (nSPS) is 18.6. The van der Waals surface area contributed by atoms with Crippen LogP contribution < -0.4 is 41.7 Å². The van der Waals surface area contributed by atoms with Gasteiger partial charge in [0.2, 0.25) is 0 Å². The number of benzene rings is 4. The predicted octanol–water partition coefficient (Wildman–Crippen LogP) is -0.373. The van der Waals surface area contributed by atoms with Crippen LogP contribution in [0, 0.1) is 30.3 Å². The topological polar surface area (TPSA) is 84.8 Å². The Hall–Kier alpha value is -5.10. The molecule has 274 valence electrons. The van der Waals surface area contributed by atoms with E-state index in [4.69, 9.17) is 9.47 Å². The molecule has 0 spiro atoms. The maximum atomic E-state index is 15.0. The Balaban J connectivity index is 0.933. The van der Waals surface area contributed by atoms with E-state index in [0.717, 1.165) is 65.9 Å². The van der Waals surface area contributed by atoms with E-state index in [1.165, 1.54) is 18.5 Å². The Kier molecular flexibility index (Phi) is 10.6. The smallest absolute Gasteiger partial charge is 0.255 e. The van der Waals surface area contributed by atoms with Gasteiger partial charge >= 0.3 is 0 Å². The number of amides is 1. The highest BCUT2D eigenvalue weighted by Gasteiger charge is 2.44. The maximum absolute atomic E-state index is 15.0. The fourth-order valence-electron chi connectivity index (χ4n) is 7.67. The fraction of sp³-hybridized carbons (Fsp3) is 0.289. The van der Waals surface area contributed by atoms with Crippen LogP contribution in [-0.4, -0.2) is 91.4 Å². The minimum absolute atomic E-state index is 0.0229. The van der Waals surface area contributed by atoms with Gasteiger partial charge in [0.05, 0.1) is 19.8 Å². The molecular weight excluding hydrogens is 689 g/mol. The van der Waals surface area contributed by atoms with Crippen molar-refractivity contribution in [3.05, 3.63) is 107 Å². The highest BCUT2D eigenvalue weighted by atomic mass is 19.1. The fourth-order valence-corrected chi connectivity index (χ4v) is 7.67. The van der Waals surface area contributed by atoms with Crippen LogP contribution in [0.4, 0.5) is 30.2 Å². The molecule has 2 aliphatic rings. The van der Waals surface area contributed by atoms with Crippen molar-refractivity contribution in [3.8, 4) is 5.75 Å². The van der Waals surface area contributed by atoms with Gasteiger partial charge < -0.3 is 24.6 Å². The van der Waals surface area contributed by atoms with Crippen LogP contribution >= 0.6 is 0 Å². The molecule has 2 fully saturated rings. The second kappa shape index (κ2) is 15.3. The zero-order valence-electron chi connectivity index (χ0n) is 31.3. The van der Waals surface area contributed by atoms with Gasteiger partial charge in [0, 0.05) is 66.4 Å². The number of aromatic nitrogens is 3. The molecule has 54 heavy (non-hydrogen) atoms.